The van der Waals surface area contributed by atoms with Crippen LogP contribution in [0.15, 0.2) is 18.2 Å². The van der Waals surface area contributed by atoms with Crippen molar-refractivity contribution in [2.45, 2.75) is 38.6 Å². The molecule has 1 heterocycles. The van der Waals surface area contributed by atoms with Gasteiger partial charge in [0.25, 0.3) is 0 Å². The summed E-state index contributed by atoms with van der Waals surface area (Å²) in [4.78, 5) is 6.26. The smallest absolute Gasteiger partial charge is 0.125 e. The average molecular weight is 341 g/mol. The lowest BCUT2D eigenvalue weighted by Gasteiger charge is -2.22. The van der Waals surface area contributed by atoms with Crippen LogP contribution in [0.1, 0.15) is 42.8 Å². The van der Waals surface area contributed by atoms with Gasteiger partial charge < -0.3 is 5.32 Å². The van der Waals surface area contributed by atoms with Crippen molar-refractivity contribution in [3.63, 3.8) is 0 Å². The first-order valence-corrected chi connectivity index (χ1v) is 8.95. The standard InChI is InChI=1S/C16H18Cl2N2S/c1-2-9-19-12-7-4-8-13-15(12)20-16(21-13)10-5-3-6-11(17)14(10)18/h3,5-6,12,19H,2,4,7-9H2,1H3. The molecule has 0 radical (unpaired) electrons. The molecule has 0 saturated carbocycles. The quantitative estimate of drug-likeness (QED) is 0.795. The van der Waals surface area contributed by atoms with Gasteiger partial charge in [-0.3, -0.25) is 0 Å². The van der Waals surface area contributed by atoms with Crippen LogP contribution in [0.3, 0.4) is 0 Å². The summed E-state index contributed by atoms with van der Waals surface area (Å²) >= 11 is 14.2. The van der Waals surface area contributed by atoms with Gasteiger partial charge in [-0.15, -0.1) is 11.3 Å². The van der Waals surface area contributed by atoms with E-state index in [2.05, 4.69) is 12.2 Å². The van der Waals surface area contributed by atoms with E-state index in [-0.39, 0.29) is 0 Å². The molecule has 2 aromatic rings. The predicted octanol–water partition coefficient (Wildman–Crippen LogP) is 5.49. The first kappa shape index (κ1) is 15.3. The first-order chi connectivity index (χ1) is 10.2. The lowest BCUT2D eigenvalue weighted by atomic mass is 9.97. The van der Waals surface area contributed by atoms with Crippen LogP contribution >= 0.6 is 34.5 Å². The van der Waals surface area contributed by atoms with E-state index in [4.69, 9.17) is 28.2 Å². The summed E-state index contributed by atoms with van der Waals surface area (Å²) in [5.74, 6) is 0. The maximum atomic E-state index is 6.33. The van der Waals surface area contributed by atoms with E-state index in [1.165, 1.54) is 23.4 Å². The summed E-state index contributed by atoms with van der Waals surface area (Å²) < 4.78 is 0. The molecule has 0 spiro atoms. The zero-order valence-corrected chi connectivity index (χ0v) is 14.3. The number of thiazole rings is 1. The second-order valence-corrected chi connectivity index (χ2v) is 7.20. The highest BCUT2D eigenvalue weighted by atomic mass is 35.5. The van der Waals surface area contributed by atoms with E-state index in [0.717, 1.165) is 30.0 Å². The highest BCUT2D eigenvalue weighted by Crippen LogP contribution is 2.40. The fourth-order valence-electron chi connectivity index (χ4n) is 2.72. The SMILES string of the molecule is CCCNC1CCCc2sc(-c3cccc(Cl)c3Cl)nc21. The molecule has 2 nitrogen and oxygen atoms in total. The van der Waals surface area contributed by atoms with Crippen molar-refractivity contribution < 1.29 is 0 Å². The Labute approximate surface area is 139 Å². The number of rotatable bonds is 4. The van der Waals surface area contributed by atoms with Gasteiger partial charge in [-0.2, -0.15) is 0 Å². The molecule has 112 valence electrons. The number of halogens is 2. The second-order valence-electron chi connectivity index (χ2n) is 5.33. The van der Waals surface area contributed by atoms with E-state index in [1.807, 2.05) is 18.2 Å². The second kappa shape index (κ2) is 6.66. The molecule has 5 heteroatoms. The van der Waals surface area contributed by atoms with E-state index in [0.29, 0.717) is 16.1 Å². The third-order valence-corrected chi connectivity index (χ3v) is 5.76. The van der Waals surface area contributed by atoms with E-state index in [1.54, 1.807) is 11.3 Å². The third-order valence-electron chi connectivity index (χ3n) is 3.78. The fourth-order valence-corrected chi connectivity index (χ4v) is 4.36. The van der Waals surface area contributed by atoms with Crippen molar-refractivity contribution in [1.82, 2.24) is 10.3 Å². The van der Waals surface area contributed by atoms with Crippen molar-refractivity contribution in [2.24, 2.45) is 0 Å². The van der Waals surface area contributed by atoms with Crippen LogP contribution in [-0.4, -0.2) is 11.5 Å². The molecule has 0 amide bonds. The maximum Gasteiger partial charge on any atom is 0.125 e. The molecule has 0 fully saturated rings. The molecule has 1 aliphatic rings. The number of fused-ring (bicyclic) bond motifs is 1. The number of nitrogens with one attached hydrogen (secondary N) is 1. The Morgan fingerprint density at radius 1 is 1.38 bits per heavy atom. The Morgan fingerprint density at radius 2 is 2.24 bits per heavy atom. The number of nitrogens with zero attached hydrogens (tertiary/aromatic N) is 1. The number of aromatic nitrogens is 1. The molecule has 1 N–H and O–H groups in total. The Bertz CT molecular complexity index is 639. The van der Waals surface area contributed by atoms with Crippen molar-refractivity contribution in [3.8, 4) is 10.6 Å². The molecule has 0 saturated heterocycles. The summed E-state index contributed by atoms with van der Waals surface area (Å²) in [7, 11) is 0. The van der Waals surface area contributed by atoms with Gasteiger partial charge in [-0.1, -0.05) is 42.3 Å². The largest absolute Gasteiger partial charge is 0.309 e. The molecule has 0 aliphatic heterocycles. The van der Waals surface area contributed by atoms with Gasteiger partial charge in [0.1, 0.15) is 5.01 Å². The topological polar surface area (TPSA) is 24.9 Å². The molecule has 0 bridgehead atoms. The molecular formula is C16H18Cl2N2S. The van der Waals surface area contributed by atoms with E-state index in [9.17, 15) is 0 Å². The molecule has 1 aromatic carbocycles. The van der Waals surface area contributed by atoms with Crippen molar-refractivity contribution in [3.05, 3.63) is 38.8 Å². The highest BCUT2D eigenvalue weighted by Gasteiger charge is 2.25. The van der Waals surface area contributed by atoms with Gasteiger partial charge in [0.05, 0.1) is 21.8 Å². The Balaban J connectivity index is 1.96. The fraction of sp³-hybridized carbons (Fsp3) is 0.438. The lowest BCUT2D eigenvalue weighted by molar-refractivity contribution is 0.454. The van der Waals surface area contributed by atoms with Crippen LogP contribution in [0, 0.1) is 0 Å². The summed E-state index contributed by atoms with van der Waals surface area (Å²) in [5.41, 5.74) is 2.16. The van der Waals surface area contributed by atoms with Gasteiger partial charge in [-0.25, -0.2) is 4.98 Å². The van der Waals surface area contributed by atoms with Gasteiger partial charge in [0.15, 0.2) is 0 Å². The highest BCUT2D eigenvalue weighted by molar-refractivity contribution is 7.15. The third kappa shape index (κ3) is 3.11. The lowest BCUT2D eigenvalue weighted by Crippen LogP contribution is -2.25. The number of hydrogen-bond donors (Lipinski definition) is 1. The zero-order chi connectivity index (χ0) is 14.8. The molecule has 1 unspecified atom stereocenters. The van der Waals surface area contributed by atoms with Gasteiger partial charge in [0.2, 0.25) is 0 Å². The molecule has 1 atom stereocenters. The van der Waals surface area contributed by atoms with Crippen LogP contribution in [0.25, 0.3) is 10.6 Å². The van der Waals surface area contributed by atoms with Crippen molar-refractivity contribution >= 4 is 34.5 Å². The summed E-state index contributed by atoms with van der Waals surface area (Å²) in [5, 5.41) is 5.77. The van der Waals surface area contributed by atoms with E-state index < -0.39 is 0 Å². The molecule has 1 aliphatic carbocycles. The number of benzene rings is 1. The normalized spacial score (nSPS) is 17.8. The van der Waals surface area contributed by atoms with E-state index >= 15 is 0 Å². The van der Waals surface area contributed by atoms with Gasteiger partial charge in [-0.05, 0) is 38.3 Å². The molecule has 21 heavy (non-hydrogen) atoms. The Kier molecular flexibility index (Phi) is 4.85. The summed E-state index contributed by atoms with van der Waals surface area (Å²) in [6.07, 6.45) is 4.65. The van der Waals surface area contributed by atoms with Crippen LogP contribution in [-0.2, 0) is 6.42 Å². The van der Waals surface area contributed by atoms with Crippen LogP contribution in [0.5, 0.6) is 0 Å². The number of aryl methyl sites for hydroxylation is 1. The zero-order valence-electron chi connectivity index (χ0n) is 12.0. The summed E-state index contributed by atoms with van der Waals surface area (Å²) in [6.45, 7) is 3.23. The molecular weight excluding hydrogens is 323 g/mol. The predicted molar refractivity (Wildman–Crippen MR) is 91.5 cm³/mol. The van der Waals surface area contributed by atoms with Crippen LogP contribution < -0.4 is 5.32 Å². The summed E-state index contributed by atoms with van der Waals surface area (Å²) in [6, 6.07) is 6.12. The minimum Gasteiger partial charge on any atom is -0.309 e. The minimum atomic E-state index is 0.386. The number of hydrogen-bond acceptors (Lipinski definition) is 3. The average Bonchev–Trinajstić information content (AvgIpc) is 2.92. The van der Waals surface area contributed by atoms with Crippen LogP contribution in [0.4, 0.5) is 0 Å². The molecule has 1 aromatic heterocycles. The Hall–Kier alpha value is -0.610. The van der Waals surface area contributed by atoms with Gasteiger partial charge in [0, 0.05) is 10.4 Å². The van der Waals surface area contributed by atoms with Crippen molar-refractivity contribution in [1.29, 1.82) is 0 Å². The van der Waals surface area contributed by atoms with Crippen molar-refractivity contribution in [2.75, 3.05) is 6.54 Å². The monoisotopic (exact) mass is 340 g/mol. The maximum absolute atomic E-state index is 6.33. The van der Waals surface area contributed by atoms with Crippen LogP contribution in [0.2, 0.25) is 10.0 Å². The first-order valence-electron chi connectivity index (χ1n) is 7.38. The minimum absolute atomic E-state index is 0.386. The van der Waals surface area contributed by atoms with Gasteiger partial charge >= 0.3 is 0 Å². The molecule has 3 rings (SSSR count). The Morgan fingerprint density at radius 3 is 3.05 bits per heavy atom.